The molecule has 0 aliphatic heterocycles. The highest BCUT2D eigenvalue weighted by molar-refractivity contribution is 7.80. The molecule has 0 atom stereocenters. The number of thiocarbonyl (C=S) groups is 1. The van der Waals surface area contributed by atoms with Gasteiger partial charge < -0.3 is 5.73 Å². The fraction of sp³-hybridized carbons (Fsp3) is 0.308. The van der Waals surface area contributed by atoms with Crippen LogP contribution in [0.1, 0.15) is 29.6 Å². The second-order valence-electron chi connectivity index (χ2n) is 4.21. The molecule has 0 radical (unpaired) electrons. The van der Waals surface area contributed by atoms with Gasteiger partial charge in [0.25, 0.3) is 0 Å². The summed E-state index contributed by atoms with van der Waals surface area (Å²) in [6.45, 7) is 6.01. The van der Waals surface area contributed by atoms with Gasteiger partial charge in [0.2, 0.25) is 0 Å². The molecular weight excluding hydrogens is 244 g/mol. The summed E-state index contributed by atoms with van der Waals surface area (Å²) < 4.78 is 1.95. The Kier molecular flexibility index (Phi) is 3.43. The molecule has 2 aromatic heterocycles. The maximum absolute atomic E-state index is 5.82. The van der Waals surface area contributed by atoms with E-state index in [0.29, 0.717) is 4.99 Å². The van der Waals surface area contributed by atoms with Crippen molar-refractivity contribution in [2.24, 2.45) is 5.73 Å². The van der Waals surface area contributed by atoms with Crippen LogP contribution in [0.2, 0.25) is 0 Å². The van der Waals surface area contributed by atoms with Gasteiger partial charge in [-0.15, -0.1) is 0 Å². The summed E-state index contributed by atoms with van der Waals surface area (Å²) in [6, 6.07) is 1.99. The number of imidazole rings is 1. The normalized spacial score (nSPS) is 10.6. The van der Waals surface area contributed by atoms with E-state index >= 15 is 0 Å². The van der Waals surface area contributed by atoms with Crippen molar-refractivity contribution in [1.82, 2.24) is 14.5 Å². The summed E-state index contributed by atoms with van der Waals surface area (Å²) in [7, 11) is 0. The SMILES string of the molecule is CCc1nccn1-c1nc(C)cc(C)c1C(N)=S. The van der Waals surface area contributed by atoms with Gasteiger partial charge in [-0.05, 0) is 25.5 Å². The minimum absolute atomic E-state index is 0.366. The maximum atomic E-state index is 5.82. The highest BCUT2D eigenvalue weighted by Crippen LogP contribution is 2.19. The van der Waals surface area contributed by atoms with Crippen molar-refractivity contribution in [1.29, 1.82) is 0 Å². The van der Waals surface area contributed by atoms with E-state index in [-0.39, 0.29) is 0 Å². The van der Waals surface area contributed by atoms with Crippen molar-refractivity contribution in [2.75, 3.05) is 0 Å². The van der Waals surface area contributed by atoms with Crippen LogP contribution in [0.4, 0.5) is 0 Å². The van der Waals surface area contributed by atoms with E-state index in [1.807, 2.05) is 30.7 Å². The van der Waals surface area contributed by atoms with Gasteiger partial charge in [0.05, 0.1) is 5.56 Å². The van der Waals surface area contributed by atoms with E-state index in [1.165, 1.54) is 0 Å². The van der Waals surface area contributed by atoms with Crippen LogP contribution >= 0.6 is 12.2 Å². The fourth-order valence-electron chi connectivity index (χ4n) is 2.08. The standard InChI is InChI=1S/C13H16N4S/c1-4-10-15-5-6-17(10)13-11(12(14)18)8(2)7-9(3)16-13/h5-7H,4H2,1-3H3,(H2,14,18). The lowest BCUT2D eigenvalue weighted by atomic mass is 10.1. The first-order valence-corrected chi connectivity index (χ1v) is 6.26. The number of pyridine rings is 1. The van der Waals surface area contributed by atoms with Gasteiger partial charge in [-0.2, -0.15) is 0 Å². The molecule has 0 aliphatic carbocycles. The Labute approximate surface area is 112 Å². The lowest BCUT2D eigenvalue weighted by Crippen LogP contribution is -2.18. The summed E-state index contributed by atoms with van der Waals surface area (Å²) >= 11 is 5.14. The Bertz CT molecular complexity index is 601. The second kappa shape index (κ2) is 4.86. The third-order valence-corrected chi connectivity index (χ3v) is 3.04. The predicted octanol–water partition coefficient (Wildman–Crippen LogP) is 2.08. The Hall–Kier alpha value is -1.75. The quantitative estimate of drug-likeness (QED) is 0.858. The molecule has 0 saturated heterocycles. The molecule has 0 unspecified atom stereocenters. The van der Waals surface area contributed by atoms with Crippen molar-refractivity contribution in [2.45, 2.75) is 27.2 Å². The number of nitrogens with zero attached hydrogens (tertiary/aromatic N) is 3. The molecule has 0 amide bonds. The molecule has 2 rings (SSSR count). The lowest BCUT2D eigenvalue weighted by Gasteiger charge is -2.14. The summed E-state index contributed by atoms with van der Waals surface area (Å²) in [4.78, 5) is 9.24. The average Bonchev–Trinajstić information content (AvgIpc) is 2.74. The molecule has 2 N–H and O–H groups in total. The molecule has 0 saturated carbocycles. The average molecular weight is 260 g/mol. The topological polar surface area (TPSA) is 56.7 Å². The third-order valence-electron chi connectivity index (χ3n) is 2.83. The number of rotatable bonds is 3. The molecule has 0 spiro atoms. The number of aryl methyl sites for hydroxylation is 3. The van der Waals surface area contributed by atoms with Crippen LogP contribution < -0.4 is 5.73 Å². The predicted molar refractivity (Wildman–Crippen MR) is 76.1 cm³/mol. The zero-order chi connectivity index (χ0) is 13.3. The highest BCUT2D eigenvalue weighted by atomic mass is 32.1. The molecule has 4 nitrogen and oxygen atoms in total. The number of hydrogen-bond acceptors (Lipinski definition) is 3. The lowest BCUT2D eigenvalue weighted by molar-refractivity contribution is 0.858. The summed E-state index contributed by atoms with van der Waals surface area (Å²) in [5.74, 6) is 1.72. The van der Waals surface area contributed by atoms with Crippen molar-refractivity contribution >= 4 is 17.2 Å². The van der Waals surface area contributed by atoms with E-state index in [0.717, 1.165) is 34.9 Å². The fourth-order valence-corrected chi connectivity index (χ4v) is 2.34. The molecular formula is C13H16N4S. The molecule has 0 fully saturated rings. The number of aromatic nitrogens is 3. The van der Waals surface area contributed by atoms with Crippen LogP contribution in [0.3, 0.4) is 0 Å². The molecule has 0 aliphatic rings. The third kappa shape index (κ3) is 2.13. The monoisotopic (exact) mass is 260 g/mol. The molecule has 5 heteroatoms. The molecule has 2 aromatic rings. The van der Waals surface area contributed by atoms with E-state index in [2.05, 4.69) is 16.9 Å². The Morgan fingerprint density at radius 2 is 2.17 bits per heavy atom. The smallest absolute Gasteiger partial charge is 0.148 e. The van der Waals surface area contributed by atoms with Crippen LogP contribution in [0, 0.1) is 13.8 Å². The van der Waals surface area contributed by atoms with Crippen LogP contribution in [-0.2, 0) is 6.42 Å². The molecule has 0 bridgehead atoms. The van der Waals surface area contributed by atoms with Crippen molar-refractivity contribution in [3.05, 3.63) is 41.1 Å². The van der Waals surface area contributed by atoms with Gasteiger partial charge in [0.1, 0.15) is 16.6 Å². The van der Waals surface area contributed by atoms with Crippen LogP contribution in [0.25, 0.3) is 5.82 Å². The first-order valence-electron chi connectivity index (χ1n) is 5.85. The van der Waals surface area contributed by atoms with Gasteiger partial charge in [-0.25, -0.2) is 9.97 Å². The molecule has 18 heavy (non-hydrogen) atoms. The van der Waals surface area contributed by atoms with Crippen LogP contribution in [0.15, 0.2) is 18.5 Å². The van der Waals surface area contributed by atoms with Gasteiger partial charge in [-0.1, -0.05) is 19.1 Å². The van der Waals surface area contributed by atoms with Gasteiger partial charge in [0, 0.05) is 24.5 Å². The summed E-state index contributed by atoms with van der Waals surface area (Å²) in [5, 5.41) is 0. The highest BCUT2D eigenvalue weighted by Gasteiger charge is 2.15. The van der Waals surface area contributed by atoms with Gasteiger partial charge in [0.15, 0.2) is 0 Å². The Morgan fingerprint density at radius 3 is 2.78 bits per heavy atom. The number of hydrogen-bond donors (Lipinski definition) is 1. The molecule has 0 aromatic carbocycles. The summed E-state index contributed by atoms with van der Waals surface area (Å²) in [5.41, 5.74) is 8.63. The van der Waals surface area contributed by atoms with E-state index in [9.17, 15) is 0 Å². The van der Waals surface area contributed by atoms with Crippen LogP contribution in [0.5, 0.6) is 0 Å². The number of nitrogens with two attached hydrogens (primary N) is 1. The molecule has 94 valence electrons. The van der Waals surface area contributed by atoms with Crippen molar-refractivity contribution in [3.8, 4) is 5.82 Å². The first-order chi connectivity index (χ1) is 8.54. The zero-order valence-corrected chi connectivity index (χ0v) is 11.6. The van der Waals surface area contributed by atoms with Gasteiger partial charge >= 0.3 is 0 Å². The van der Waals surface area contributed by atoms with E-state index in [1.54, 1.807) is 6.20 Å². The van der Waals surface area contributed by atoms with Crippen molar-refractivity contribution < 1.29 is 0 Å². The van der Waals surface area contributed by atoms with Gasteiger partial charge in [-0.3, -0.25) is 4.57 Å². The van der Waals surface area contributed by atoms with E-state index < -0.39 is 0 Å². The zero-order valence-electron chi connectivity index (χ0n) is 10.8. The Balaban J connectivity index is 2.73. The summed E-state index contributed by atoms with van der Waals surface area (Å²) in [6.07, 6.45) is 4.49. The maximum Gasteiger partial charge on any atom is 0.148 e. The van der Waals surface area contributed by atoms with Crippen LogP contribution in [-0.4, -0.2) is 19.5 Å². The first kappa shape index (κ1) is 12.7. The molecule has 2 heterocycles. The largest absolute Gasteiger partial charge is 0.389 e. The minimum Gasteiger partial charge on any atom is -0.389 e. The minimum atomic E-state index is 0.366. The second-order valence-corrected chi connectivity index (χ2v) is 4.65. The van der Waals surface area contributed by atoms with Crippen molar-refractivity contribution in [3.63, 3.8) is 0 Å². The Morgan fingerprint density at radius 1 is 1.44 bits per heavy atom. The van der Waals surface area contributed by atoms with E-state index in [4.69, 9.17) is 18.0 Å².